The van der Waals surface area contributed by atoms with Crippen LogP contribution in [-0.2, 0) is 11.8 Å². The zero-order chi connectivity index (χ0) is 25.9. The summed E-state index contributed by atoms with van der Waals surface area (Å²) in [5.41, 5.74) is -2.13. The summed E-state index contributed by atoms with van der Waals surface area (Å²) in [5, 5.41) is 0. The lowest BCUT2D eigenvalue weighted by atomic mass is 9.52. The Bertz CT molecular complexity index is 1030. The van der Waals surface area contributed by atoms with E-state index in [1.807, 2.05) is 0 Å². The molecule has 4 rings (SSSR count). The van der Waals surface area contributed by atoms with Crippen LogP contribution in [0, 0.1) is 5.92 Å². The summed E-state index contributed by atoms with van der Waals surface area (Å²) in [6.07, 6.45) is -2.36. The van der Waals surface area contributed by atoms with E-state index < -0.39 is 74.5 Å². The highest BCUT2D eigenvalue weighted by molar-refractivity contribution is 5.45. The predicted octanol–water partition coefficient (Wildman–Crippen LogP) is 3.38. The molecule has 1 saturated heterocycles. The first-order valence-corrected chi connectivity index (χ1v) is 6.88. The van der Waals surface area contributed by atoms with Gasteiger partial charge in [0.25, 0.3) is 0 Å². The van der Waals surface area contributed by atoms with Crippen LogP contribution >= 0.6 is 0 Å². The molecule has 1 saturated carbocycles. The van der Waals surface area contributed by atoms with Crippen LogP contribution < -0.4 is 4.74 Å². The van der Waals surface area contributed by atoms with Crippen LogP contribution in [0.4, 0.5) is 0 Å². The smallest absolute Gasteiger partial charge is 0.119 e. The molecule has 2 heteroatoms. The zero-order valence-electron chi connectivity index (χ0n) is 25.0. The molecule has 1 unspecified atom stereocenters. The molecule has 1 aromatic rings. The number of likely N-dealkylation sites (tertiary alicyclic amines) is 1. The molecular formula is C18H25NO. The first kappa shape index (κ1) is 4.74. The second kappa shape index (κ2) is 4.49. The summed E-state index contributed by atoms with van der Waals surface area (Å²) in [6.45, 7) is -6.34. The molecule has 1 aliphatic heterocycles. The van der Waals surface area contributed by atoms with E-state index >= 15 is 0 Å². The number of piperidine rings is 1. The molecule has 3 aliphatic rings. The van der Waals surface area contributed by atoms with Gasteiger partial charge in [0.1, 0.15) is 5.75 Å². The molecule has 0 aromatic heterocycles. The Balaban J connectivity index is 2.16. The molecule has 1 aromatic carbocycles. The Morgan fingerprint density at radius 1 is 1.55 bits per heavy atom. The number of rotatable bonds is 1. The van der Waals surface area contributed by atoms with Crippen molar-refractivity contribution in [1.29, 1.82) is 0 Å². The standard InChI is InChI=1S/C18H25NO/c1-19-10-9-18-8-4-3-5-15(18)17(19)11-13-6-7-14(20-2)12-16(13)18/h6-7,12,15,17H,3-5,8-11H2,1-2H3/t15?,17-,18-/m0/s1/i1D3,2D3,6D,7D,9D2,10D2,12D,17D. The molecule has 3 atom stereocenters. The van der Waals surface area contributed by atoms with Gasteiger partial charge in [0.05, 0.1) is 15.3 Å². The zero-order valence-corrected chi connectivity index (χ0v) is 11.0. The average Bonchev–Trinajstić information content (AvgIpc) is 2.66. The molecule has 2 nitrogen and oxygen atoms in total. The maximum Gasteiger partial charge on any atom is 0.119 e. The number of hydrogen-bond acceptors (Lipinski definition) is 2. The van der Waals surface area contributed by atoms with E-state index in [9.17, 15) is 1.37 Å². The number of methoxy groups -OCH3 is 1. The fraction of sp³-hybridized carbons (Fsp3) is 0.667. The first-order chi connectivity index (χ1) is 15.2. The van der Waals surface area contributed by atoms with Crippen molar-refractivity contribution in [3.05, 3.63) is 29.3 Å². The lowest BCUT2D eigenvalue weighted by Crippen LogP contribution is -2.59. The molecule has 0 amide bonds. The molecule has 0 radical (unpaired) electrons. The lowest BCUT2D eigenvalue weighted by Gasteiger charge is -2.58. The molecule has 1 heterocycles. The lowest BCUT2D eigenvalue weighted by molar-refractivity contribution is 0.00274. The van der Waals surface area contributed by atoms with E-state index in [2.05, 4.69) is 0 Å². The van der Waals surface area contributed by atoms with E-state index in [4.69, 9.17) is 22.6 Å². The summed E-state index contributed by atoms with van der Waals surface area (Å²) in [4.78, 5) is 0.295. The third kappa shape index (κ3) is 1.60. The minimum absolute atomic E-state index is 0.0253. The van der Waals surface area contributed by atoms with Crippen molar-refractivity contribution in [3.63, 3.8) is 0 Å². The largest absolute Gasteiger partial charge is 0.497 e. The van der Waals surface area contributed by atoms with Crippen molar-refractivity contribution < 1.29 is 23.9 Å². The Morgan fingerprint density at radius 3 is 3.45 bits per heavy atom. The van der Waals surface area contributed by atoms with Crippen LogP contribution in [0.15, 0.2) is 18.1 Å². The van der Waals surface area contributed by atoms with E-state index in [1.165, 1.54) is 0 Å². The van der Waals surface area contributed by atoms with Crippen molar-refractivity contribution in [2.45, 2.75) is 49.9 Å². The Morgan fingerprint density at radius 2 is 2.55 bits per heavy atom. The fourth-order valence-electron chi connectivity index (χ4n) is 3.88. The van der Waals surface area contributed by atoms with Gasteiger partial charge in [-0.2, -0.15) is 0 Å². The van der Waals surface area contributed by atoms with Gasteiger partial charge in [0.15, 0.2) is 0 Å². The second-order valence-corrected chi connectivity index (χ2v) is 5.67. The number of fused-ring (bicyclic) bond motifs is 1. The van der Waals surface area contributed by atoms with Crippen LogP contribution in [0.1, 0.15) is 62.4 Å². The molecular weight excluding hydrogens is 246 g/mol. The van der Waals surface area contributed by atoms with Gasteiger partial charge in [-0.25, -0.2) is 0 Å². The summed E-state index contributed by atoms with van der Waals surface area (Å²) in [7, 11) is -3.05. The van der Waals surface area contributed by atoms with E-state index in [-0.39, 0.29) is 24.0 Å². The van der Waals surface area contributed by atoms with Gasteiger partial charge in [0, 0.05) is 22.4 Å². The van der Waals surface area contributed by atoms with E-state index in [0.717, 1.165) is 0 Å². The fourth-order valence-corrected chi connectivity index (χ4v) is 3.88. The topological polar surface area (TPSA) is 12.5 Å². The average molecular weight is 285 g/mol. The van der Waals surface area contributed by atoms with Gasteiger partial charge in [-0.05, 0) is 68.2 Å². The normalized spacial score (nSPS) is 56.3. The Hall–Kier alpha value is -1.02. The highest BCUT2D eigenvalue weighted by atomic mass is 16.5. The first-order valence-electron chi connectivity index (χ1n) is 13.9. The molecule has 108 valence electrons. The van der Waals surface area contributed by atoms with Crippen molar-refractivity contribution in [2.24, 2.45) is 5.92 Å². The third-order valence-electron chi connectivity index (χ3n) is 4.76. The molecule has 2 aliphatic carbocycles. The summed E-state index contributed by atoms with van der Waals surface area (Å²) >= 11 is 0. The molecule has 2 fully saturated rings. The van der Waals surface area contributed by atoms with Gasteiger partial charge in [-0.15, -0.1) is 0 Å². The maximum atomic E-state index is 9.31. The van der Waals surface area contributed by atoms with Gasteiger partial charge < -0.3 is 9.64 Å². The van der Waals surface area contributed by atoms with Gasteiger partial charge in [0.2, 0.25) is 0 Å². The van der Waals surface area contributed by atoms with Crippen LogP contribution in [0.25, 0.3) is 0 Å². The van der Waals surface area contributed by atoms with E-state index in [0.29, 0.717) is 17.7 Å². The van der Waals surface area contributed by atoms with Crippen molar-refractivity contribution >= 4 is 0 Å². The minimum Gasteiger partial charge on any atom is -0.497 e. The maximum absolute atomic E-state index is 9.31. The second-order valence-electron chi connectivity index (χ2n) is 5.67. The summed E-state index contributed by atoms with van der Waals surface area (Å²) in [6, 6.07) is -4.11. The van der Waals surface area contributed by atoms with Crippen LogP contribution in [0.3, 0.4) is 0 Å². The van der Waals surface area contributed by atoms with Crippen molar-refractivity contribution in [3.8, 4) is 5.75 Å². The Kier molecular flexibility index (Phi) is 1.06. The number of ether oxygens (including phenoxy) is 1. The van der Waals surface area contributed by atoms with Gasteiger partial charge in [-0.3, -0.25) is 0 Å². The summed E-state index contributed by atoms with van der Waals surface area (Å²) in [5.74, 6) is -1.78. The van der Waals surface area contributed by atoms with Crippen LogP contribution in [-0.4, -0.2) is 31.4 Å². The molecule has 2 bridgehead atoms. The van der Waals surface area contributed by atoms with Gasteiger partial charge in [-0.1, -0.05) is 18.9 Å². The molecule has 0 N–H and O–H groups in total. The summed E-state index contributed by atoms with van der Waals surface area (Å²) < 4.78 is 121. The highest BCUT2D eigenvalue weighted by Gasteiger charge is 2.53. The predicted molar refractivity (Wildman–Crippen MR) is 81.4 cm³/mol. The molecule has 20 heavy (non-hydrogen) atoms. The number of nitrogens with zero attached hydrogens (tertiary/aromatic N) is 1. The van der Waals surface area contributed by atoms with Crippen molar-refractivity contribution in [2.75, 3.05) is 20.5 Å². The number of likely N-dealkylation sites (N-methyl/N-ethyl adjacent to an activating group) is 1. The Labute approximate surface area is 141 Å². The van der Waals surface area contributed by atoms with Gasteiger partial charge >= 0.3 is 0 Å². The monoisotopic (exact) mass is 285 g/mol. The van der Waals surface area contributed by atoms with Crippen LogP contribution in [0.5, 0.6) is 5.75 Å². The SMILES string of the molecule is [2H]c1c([2H])c(OC([2H])([2H])[2H])c([2H])c2c1C[C@@]1([2H])C3CCCC[C@@]23C([2H])([2H])C([2H])([2H])N1C([2H])([2H])[2H]. The number of benzene rings is 1. The van der Waals surface area contributed by atoms with Crippen molar-refractivity contribution in [1.82, 2.24) is 4.90 Å². The van der Waals surface area contributed by atoms with E-state index in [1.54, 1.807) is 0 Å². The quantitative estimate of drug-likeness (QED) is 0.784. The number of hydrogen-bond donors (Lipinski definition) is 0. The minimum atomic E-state index is -3.18. The molecule has 0 spiro atoms. The van der Waals surface area contributed by atoms with Crippen LogP contribution in [0.2, 0.25) is 0 Å². The highest BCUT2D eigenvalue weighted by Crippen LogP contribution is 2.55. The third-order valence-corrected chi connectivity index (χ3v) is 4.76.